The van der Waals surface area contributed by atoms with Gasteiger partial charge in [0.25, 0.3) is 0 Å². The van der Waals surface area contributed by atoms with Gasteiger partial charge in [0.1, 0.15) is 12.6 Å². The lowest BCUT2D eigenvalue weighted by Crippen LogP contribution is -2.28. The highest BCUT2D eigenvalue weighted by atomic mass is 16.5. The molecule has 0 aromatic rings. The van der Waals surface area contributed by atoms with Gasteiger partial charge in [-0.3, -0.25) is 14.4 Å². The van der Waals surface area contributed by atoms with Gasteiger partial charge in [0, 0.05) is 12.8 Å². The molecule has 6 heteroatoms. The summed E-state index contributed by atoms with van der Waals surface area (Å²) in [5, 5.41) is 11.0. The van der Waals surface area contributed by atoms with Crippen molar-refractivity contribution in [2.24, 2.45) is 0 Å². The van der Waals surface area contributed by atoms with E-state index in [2.05, 4.69) is 55.6 Å². The van der Waals surface area contributed by atoms with E-state index in [1.54, 1.807) is 0 Å². The number of amides is 1. The third-order valence-corrected chi connectivity index (χ3v) is 7.02. The average molecular weight is 576 g/mol. The molecule has 0 fully saturated rings. The number of esters is 1. The number of rotatable bonds is 29. The SMILES string of the molecule is CCCCC/C=C\C/C=C\CCCCCCCC(=O)OC(/C=C\CCCCC)CCCCCCC(=O)NCC(=O)O. The summed E-state index contributed by atoms with van der Waals surface area (Å²) < 4.78 is 5.82. The Morgan fingerprint density at radius 1 is 0.659 bits per heavy atom. The average Bonchev–Trinajstić information content (AvgIpc) is 2.95. The molecule has 0 saturated carbocycles. The van der Waals surface area contributed by atoms with E-state index in [1.165, 1.54) is 51.4 Å². The third-order valence-electron chi connectivity index (χ3n) is 7.02. The number of carbonyl (C=O) groups excluding carboxylic acids is 2. The molecule has 0 bridgehead atoms. The zero-order chi connectivity index (χ0) is 30.2. The van der Waals surface area contributed by atoms with Crippen molar-refractivity contribution in [2.75, 3.05) is 6.54 Å². The van der Waals surface area contributed by atoms with Gasteiger partial charge in [-0.25, -0.2) is 0 Å². The van der Waals surface area contributed by atoms with E-state index in [4.69, 9.17) is 9.84 Å². The van der Waals surface area contributed by atoms with Gasteiger partial charge in [0.15, 0.2) is 0 Å². The number of carboxylic acids is 1. The van der Waals surface area contributed by atoms with Crippen molar-refractivity contribution >= 4 is 17.8 Å². The summed E-state index contributed by atoms with van der Waals surface area (Å²) in [6.45, 7) is 4.10. The molecular formula is C35H61NO5. The standard InChI is InChI=1S/C35H61NO5/c1-3-5-7-9-10-11-12-13-14-15-16-17-18-20-26-30-35(40)41-32(27-23-19-8-6-4-2)28-24-21-22-25-29-33(37)36-31-34(38)39/h10-11,13-14,23,27,32H,3-9,12,15-22,24-26,28-31H2,1-2H3,(H,36,37)(H,38,39)/b11-10-,14-13-,27-23-. The molecule has 0 aromatic carbocycles. The second-order valence-corrected chi connectivity index (χ2v) is 11.1. The summed E-state index contributed by atoms with van der Waals surface area (Å²) >= 11 is 0. The second-order valence-electron chi connectivity index (χ2n) is 11.1. The molecule has 0 spiro atoms. The minimum absolute atomic E-state index is 0.103. The van der Waals surface area contributed by atoms with E-state index < -0.39 is 5.97 Å². The van der Waals surface area contributed by atoms with Crippen LogP contribution in [0, 0.1) is 0 Å². The molecule has 0 rings (SSSR count). The molecule has 0 aromatic heterocycles. The van der Waals surface area contributed by atoms with E-state index in [1.807, 2.05) is 0 Å². The Kier molecular flexibility index (Phi) is 28.8. The van der Waals surface area contributed by atoms with Crippen LogP contribution in [0.5, 0.6) is 0 Å². The molecule has 0 heterocycles. The number of nitrogens with one attached hydrogen (secondary N) is 1. The number of unbranched alkanes of at least 4 members (excludes halogenated alkanes) is 14. The van der Waals surface area contributed by atoms with Crippen LogP contribution in [0.3, 0.4) is 0 Å². The van der Waals surface area contributed by atoms with Gasteiger partial charge >= 0.3 is 11.9 Å². The fraction of sp³-hybridized carbons (Fsp3) is 0.743. The zero-order valence-corrected chi connectivity index (χ0v) is 26.4. The van der Waals surface area contributed by atoms with E-state index >= 15 is 0 Å². The highest BCUT2D eigenvalue weighted by Gasteiger charge is 2.11. The van der Waals surface area contributed by atoms with Gasteiger partial charge in [-0.05, 0) is 76.7 Å². The summed E-state index contributed by atoms with van der Waals surface area (Å²) in [7, 11) is 0. The number of carbonyl (C=O) groups is 3. The van der Waals surface area contributed by atoms with Crippen molar-refractivity contribution in [2.45, 2.75) is 161 Å². The predicted octanol–water partition coefficient (Wildman–Crippen LogP) is 9.39. The number of hydrogen-bond donors (Lipinski definition) is 2. The largest absolute Gasteiger partial charge is 0.480 e. The van der Waals surface area contributed by atoms with E-state index in [0.29, 0.717) is 12.8 Å². The molecule has 236 valence electrons. The molecule has 41 heavy (non-hydrogen) atoms. The van der Waals surface area contributed by atoms with Gasteiger partial charge in [-0.15, -0.1) is 0 Å². The molecule has 0 radical (unpaired) electrons. The fourth-order valence-corrected chi connectivity index (χ4v) is 4.51. The van der Waals surface area contributed by atoms with Gasteiger partial charge in [0.05, 0.1) is 0 Å². The van der Waals surface area contributed by atoms with Crippen LogP contribution in [0.25, 0.3) is 0 Å². The van der Waals surface area contributed by atoms with Gasteiger partial charge in [-0.2, -0.15) is 0 Å². The molecule has 1 amide bonds. The van der Waals surface area contributed by atoms with Crippen molar-refractivity contribution in [3.63, 3.8) is 0 Å². The maximum absolute atomic E-state index is 12.5. The van der Waals surface area contributed by atoms with Crippen LogP contribution in [0.2, 0.25) is 0 Å². The van der Waals surface area contributed by atoms with E-state index in [0.717, 1.165) is 77.0 Å². The van der Waals surface area contributed by atoms with Crippen LogP contribution in [0.15, 0.2) is 36.5 Å². The molecular weight excluding hydrogens is 514 g/mol. The second kappa shape index (κ2) is 30.6. The minimum atomic E-state index is -1.03. The Bertz CT molecular complexity index is 728. The van der Waals surface area contributed by atoms with Crippen LogP contribution in [-0.2, 0) is 19.1 Å². The number of ether oxygens (including phenoxy) is 1. The highest BCUT2D eigenvalue weighted by molar-refractivity contribution is 5.80. The Morgan fingerprint density at radius 2 is 1.20 bits per heavy atom. The number of allylic oxidation sites excluding steroid dienone is 5. The van der Waals surface area contributed by atoms with Crippen LogP contribution in [-0.4, -0.2) is 35.6 Å². The Morgan fingerprint density at radius 3 is 1.83 bits per heavy atom. The van der Waals surface area contributed by atoms with E-state index in [9.17, 15) is 14.4 Å². The van der Waals surface area contributed by atoms with Crippen LogP contribution >= 0.6 is 0 Å². The van der Waals surface area contributed by atoms with Crippen molar-refractivity contribution < 1.29 is 24.2 Å². The summed E-state index contributed by atoms with van der Waals surface area (Å²) in [4.78, 5) is 34.6. The smallest absolute Gasteiger partial charge is 0.322 e. The molecule has 0 aliphatic carbocycles. The molecule has 1 unspecified atom stereocenters. The predicted molar refractivity (Wildman–Crippen MR) is 171 cm³/mol. The Balaban J connectivity index is 4.06. The van der Waals surface area contributed by atoms with Crippen molar-refractivity contribution in [1.82, 2.24) is 5.32 Å². The van der Waals surface area contributed by atoms with Crippen LogP contribution in [0.1, 0.15) is 155 Å². The lowest BCUT2D eigenvalue weighted by molar-refractivity contribution is -0.147. The maximum Gasteiger partial charge on any atom is 0.322 e. The molecule has 6 nitrogen and oxygen atoms in total. The highest BCUT2D eigenvalue weighted by Crippen LogP contribution is 2.14. The monoisotopic (exact) mass is 575 g/mol. The normalized spacial score (nSPS) is 12.4. The number of hydrogen-bond acceptors (Lipinski definition) is 4. The number of aliphatic carboxylic acids is 1. The first-order chi connectivity index (χ1) is 20.0. The quantitative estimate of drug-likeness (QED) is 0.0526. The third kappa shape index (κ3) is 30.4. The maximum atomic E-state index is 12.5. The number of carboxylic acid groups (broad SMARTS) is 1. The summed E-state index contributed by atoms with van der Waals surface area (Å²) in [6, 6.07) is 0. The lowest BCUT2D eigenvalue weighted by Gasteiger charge is -2.15. The minimum Gasteiger partial charge on any atom is -0.480 e. The van der Waals surface area contributed by atoms with Crippen molar-refractivity contribution in [3.05, 3.63) is 36.5 Å². The lowest BCUT2D eigenvalue weighted by atomic mass is 10.1. The van der Waals surface area contributed by atoms with Gasteiger partial charge < -0.3 is 15.2 Å². The first-order valence-corrected chi connectivity index (χ1v) is 16.6. The van der Waals surface area contributed by atoms with Crippen LogP contribution in [0.4, 0.5) is 0 Å². The van der Waals surface area contributed by atoms with Crippen molar-refractivity contribution in [3.8, 4) is 0 Å². The topological polar surface area (TPSA) is 92.7 Å². The summed E-state index contributed by atoms with van der Waals surface area (Å²) in [5.41, 5.74) is 0. The first-order valence-electron chi connectivity index (χ1n) is 16.6. The zero-order valence-electron chi connectivity index (χ0n) is 26.4. The fourth-order valence-electron chi connectivity index (χ4n) is 4.51. The molecule has 1 atom stereocenters. The van der Waals surface area contributed by atoms with Crippen molar-refractivity contribution in [1.29, 1.82) is 0 Å². The summed E-state index contributed by atoms with van der Waals surface area (Å²) in [5.74, 6) is -1.35. The Hall–Kier alpha value is -2.37. The Labute approximate surface area is 251 Å². The summed E-state index contributed by atoms with van der Waals surface area (Å²) in [6.07, 6.45) is 35.7. The van der Waals surface area contributed by atoms with Gasteiger partial charge in [0.2, 0.25) is 5.91 Å². The van der Waals surface area contributed by atoms with E-state index in [-0.39, 0.29) is 24.5 Å². The molecule has 0 aliphatic heterocycles. The molecule has 2 N–H and O–H groups in total. The van der Waals surface area contributed by atoms with Gasteiger partial charge in [-0.1, -0.05) is 102 Å². The van der Waals surface area contributed by atoms with Crippen LogP contribution < -0.4 is 5.32 Å². The molecule has 0 saturated heterocycles. The molecule has 0 aliphatic rings. The first kappa shape index (κ1) is 38.6.